The van der Waals surface area contributed by atoms with E-state index in [0.717, 1.165) is 35.8 Å². The molecule has 0 unspecified atom stereocenters. The lowest BCUT2D eigenvalue weighted by Crippen LogP contribution is -2.29. The number of rotatable bonds is 3. The van der Waals surface area contributed by atoms with Crippen LogP contribution in [-0.4, -0.2) is 23.1 Å². The molecule has 0 bridgehead atoms. The predicted octanol–water partition coefficient (Wildman–Crippen LogP) is 5.02. The Balaban J connectivity index is 1.72. The summed E-state index contributed by atoms with van der Waals surface area (Å²) in [6, 6.07) is 11.7. The standard InChI is InChI=1S/C24H20BrNO5/c25-15-4-7-21-14(10-15)11-18(24(29)30-21)17-12-22(28)31-23-16(17)5-6-20(27)19(23)13-26-8-2-1-3-9-26/h4-7,10-12,27H,1-3,8-9,13H2. The lowest BCUT2D eigenvalue weighted by Gasteiger charge is -2.26. The van der Waals surface area contributed by atoms with E-state index in [1.807, 2.05) is 6.07 Å². The first-order valence-corrected chi connectivity index (χ1v) is 11.0. The van der Waals surface area contributed by atoms with Crippen LogP contribution in [0.5, 0.6) is 5.75 Å². The van der Waals surface area contributed by atoms with Crippen molar-refractivity contribution >= 4 is 37.9 Å². The number of aromatic hydroxyl groups is 1. The van der Waals surface area contributed by atoms with Gasteiger partial charge in [0, 0.05) is 33.4 Å². The Hall–Kier alpha value is -2.90. The lowest BCUT2D eigenvalue weighted by molar-refractivity contribution is 0.218. The molecule has 158 valence electrons. The number of nitrogens with zero attached hydrogens (tertiary/aromatic N) is 1. The largest absolute Gasteiger partial charge is 0.507 e. The Bertz CT molecular complexity index is 1420. The highest BCUT2D eigenvalue weighted by molar-refractivity contribution is 9.10. The third-order valence-electron chi connectivity index (χ3n) is 5.81. The zero-order chi connectivity index (χ0) is 21.5. The fraction of sp³-hybridized carbons (Fsp3) is 0.250. The van der Waals surface area contributed by atoms with Crippen LogP contribution in [0.4, 0.5) is 0 Å². The van der Waals surface area contributed by atoms with Crippen molar-refractivity contribution in [2.75, 3.05) is 13.1 Å². The van der Waals surface area contributed by atoms with Gasteiger partial charge < -0.3 is 13.9 Å². The summed E-state index contributed by atoms with van der Waals surface area (Å²) < 4.78 is 11.9. The van der Waals surface area contributed by atoms with Gasteiger partial charge in [-0.2, -0.15) is 0 Å². The number of phenols is 1. The van der Waals surface area contributed by atoms with Crippen molar-refractivity contribution in [3.8, 4) is 16.9 Å². The van der Waals surface area contributed by atoms with Crippen LogP contribution < -0.4 is 11.3 Å². The van der Waals surface area contributed by atoms with Gasteiger partial charge in [-0.15, -0.1) is 0 Å². The highest BCUT2D eigenvalue weighted by Gasteiger charge is 2.20. The molecule has 1 N–H and O–H groups in total. The van der Waals surface area contributed by atoms with Crippen molar-refractivity contribution in [2.24, 2.45) is 0 Å². The maximum absolute atomic E-state index is 12.8. The van der Waals surface area contributed by atoms with Gasteiger partial charge in [0.25, 0.3) is 0 Å². The lowest BCUT2D eigenvalue weighted by atomic mass is 9.99. The summed E-state index contributed by atoms with van der Waals surface area (Å²) in [7, 11) is 0. The molecule has 1 fully saturated rings. The smallest absolute Gasteiger partial charge is 0.344 e. The number of benzene rings is 2. The average Bonchev–Trinajstić information content (AvgIpc) is 2.76. The van der Waals surface area contributed by atoms with E-state index in [9.17, 15) is 14.7 Å². The number of fused-ring (bicyclic) bond motifs is 2. The molecule has 6 nitrogen and oxygen atoms in total. The summed E-state index contributed by atoms with van der Waals surface area (Å²) in [5, 5.41) is 11.9. The number of piperidine rings is 1. The minimum atomic E-state index is -0.582. The monoisotopic (exact) mass is 481 g/mol. The van der Waals surface area contributed by atoms with E-state index in [2.05, 4.69) is 20.8 Å². The van der Waals surface area contributed by atoms with Crippen molar-refractivity contribution in [3.05, 3.63) is 73.3 Å². The molecule has 31 heavy (non-hydrogen) atoms. The van der Waals surface area contributed by atoms with E-state index in [1.165, 1.54) is 12.5 Å². The van der Waals surface area contributed by atoms with E-state index in [-0.39, 0.29) is 11.3 Å². The Morgan fingerprint density at radius 2 is 1.74 bits per heavy atom. The number of hydrogen-bond acceptors (Lipinski definition) is 6. The Morgan fingerprint density at radius 3 is 2.55 bits per heavy atom. The molecule has 1 saturated heterocycles. The van der Waals surface area contributed by atoms with Crippen molar-refractivity contribution < 1.29 is 13.9 Å². The van der Waals surface area contributed by atoms with Gasteiger partial charge in [0.2, 0.25) is 0 Å². The summed E-state index contributed by atoms with van der Waals surface area (Å²) in [4.78, 5) is 27.5. The van der Waals surface area contributed by atoms with Crippen LogP contribution in [0, 0.1) is 0 Å². The third kappa shape index (κ3) is 3.79. The molecule has 2 aromatic carbocycles. The van der Waals surface area contributed by atoms with Crippen LogP contribution in [0.15, 0.2) is 65.4 Å². The molecule has 0 saturated carbocycles. The van der Waals surface area contributed by atoms with Crippen LogP contribution in [-0.2, 0) is 6.54 Å². The Labute approximate surface area is 185 Å². The molecular formula is C24H20BrNO5. The quantitative estimate of drug-likeness (QED) is 0.413. The highest BCUT2D eigenvalue weighted by atomic mass is 79.9. The topological polar surface area (TPSA) is 83.9 Å². The molecule has 1 aliphatic heterocycles. The number of likely N-dealkylation sites (tertiary alicyclic amines) is 1. The molecule has 4 aromatic rings. The van der Waals surface area contributed by atoms with Crippen LogP contribution in [0.25, 0.3) is 33.1 Å². The summed E-state index contributed by atoms with van der Waals surface area (Å²) >= 11 is 3.43. The molecule has 0 atom stereocenters. The fourth-order valence-corrected chi connectivity index (χ4v) is 4.65. The van der Waals surface area contributed by atoms with E-state index in [0.29, 0.717) is 34.2 Å². The second-order valence-electron chi connectivity index (χ2n) is 7.89. The molecule has 5 rings (SSSR count). The maximum Gasteiger partial charge on any atom is 0.344 e. The first-order valence-electron chi connectivity index (χ1n) is 10.2. The number of hydrogen-bond donors (Lipinski definition) is 1. The normalized spacial score (nSPS) is 15.0. The minimum absolute atomic E-state index is 0.0767. The first kappa shape index (κ1) is 20.0. The highest BCUT2D eigenvalue weighted by Crippen LogP contribution is 2.34. The number of halogens is 1. The Kier molecular flexibility index (Phi) is 5.16. The number of phenolic OH excluding ortho intramolecular Hbond substituents is 1. The first-order chi connectivity index (χ1) is 15.0. The van der Waals surface area contributed by atoms with Gasteiger partial charge in [0.1, 0.15) is 16.9 Å². The summed E-state index contributed by atoms with van der Waals surface area (Å²) in [5.74, 6) is 0.0767. The maximum atomic E-state index is 12.8. The molecule has 0 aliphatic carbocycles. The zero-order valence-electron chi connectivity index (χ0n) is 16.7. The molecular weight excluding hydrogens is 462 g/mol. The third-order valence-corrected chi connectivity index (χ3v) is 6.30. The van der Waals surface area contributed by atoms with E-state index in [1.54, 1.807) is 30.3 Å². The summed E-state index contributed by atoms with van der Waals surface area (Å²) in [5.41, 5.74) is 0.926. The van der Waals surface area contributed by atoms with Gasteiger partial charge in [-0.25, -0.2) is 9.59 Å². The summed E-state index contributed by atoms with van der Waals surface area (Å²) in [6.45, 7) is 2.35. The van der Waals surface area contributed by atoms with Gasteiger partial charge in [-0.1, -0.05) is 22.4 Å². The van der Waals surface area contributed by atoms with E-state index in [4.69, 9.17) is 8.83 Å². The van der Waals surface area contributed by atoms with Gasteiger partial charge in [0.05, 0.1) is 11.1 Å². The van der Waals surface area contributed by atoms with Crippen molar-refractivity contribution in [1.82, 2.24) is 4.90 Å². The van der Waals surface area contributed by atoms with E-state index < -0.39 is 11.3 Å². The van der Waals surface area contributed by atoms with Gasteiger partial charge in [-0.05, 0) is 62.3 Å². The van der Waals surface area contributed by atoms with Crippen molar-refractivity contribution in [1.29, 1.82) is 0 Å². The van der Waals surface area contributed by atoms with Crippen LogP contribution in [0.3, 0.4) is 0 Å². The molecule has 3 heterocycles. The molecule has 0 spiro atoms. The second-order valence-corrected chi connectivity index (χ2v) is 8.80. The van der Waals surface area contributed by atoms with Crippen molar-refractivity contribution in [2.45, 2.75) is 25.8 Å². The molecule has 7 heteroatoms. The molecule has 0 radical (unpaired) electrons. The van der Waals surface area contributed by atoms with Crippen molar-refractivity contribution in [3.63, 3.8) is 0 Å². The summed E-state index contributed by atoms with van der Waals surface area (Å²) in [6.07, 6.45) is 3.41. The SMILES string of the molecule is O=c1cc(-c2cc3cc(Br)ccc3oc2=O)c2ccc(O)c(CN3CCCCC3)c2o1. The molecule has 2 aromatic heterocycles. The molecule has 1 aliphatic rings. The zero-order valence-corrected chi connectivity index (χ0v) is 18.3. The van der Waals surface area contributed by atoms with Gasteiger partial charge >= 0.3 is 11.3 Å². The molecule has 0 amide bonds. The minimum Gasteiger partial charge on any atom is -0.507 e. The van der Waals surface area contributed by atoms with Gasteiger partial charge in [-0.3, -0.25) is 4.90 Å². The fourth-order valence-electron chi connectivity index (χ4n) is 4.27. The average molecular weight is 482 g/mol. The Morgan fingerprint density at radius 1 is 0.935 bits per heavy atom. The van der Waals surface area contributed by atoms with Crippen LogP contribution in [0.2, 0.25) is 0 Å². The predicted molar refractivity (Wildman–Crippen MR) is 122 cm³/mol. The second kappa shape index (κ2) is 7.98. The van der Waals surface area contributed by atoms with E-state index >= 15 is 0 Å². The van der Waals surface area contributed by atoms with Crippen LogP contribution >= 0.6 is 15.9 Å². The van der Waals surface area contributed by atoms with Gasteiger partial charge in [0.15, 0.2) is 0 Å². The van der Waals surface area contributed by atoms with Crippen LogP contribution in [0.1, 0.15) is 24.8 Å².